The summed E-state index contributed by atoms with van der Waals surface area (Å²) in [5.74, 6) is 2.30. The Hall–Kier alpha value is -1.83. The molecule has 2 saturated carbocycles. The molecule has 3 heterocycles. The van der Waals surface area contributed by atoms with E-state index in [0.717, 1.165) is 75.6 Å². The van der Waals surface area contributed by atoms with Gasteiger partial charge in [0.15, 0.2) is 11.5 Å². The number of carbonyl (C=O) groups is 1. The van der Waals surface area contributed by atoms with Gasteiger partial charge in [0.05, 0.1) is 30.1 Å². The summed E-state index contributed by atoms with van der Waals surface area (Å²) in [4.78, 5) is 17.8. The molecule has 0 amide bonds. The summed E-state index contributed by atoms with van der Waals surface area (Å²) in [6.07, 6.45) is 8.45. The van der Waals surface area contributed by atoms with Crippen molar-refractivity contribution in [1.29, 1.82) is 0 Å². The van der Waals surface area contributed by atoms with Crippen LogP contribution in [0.15, 0.2) is 12.1 Å². The zero-order chi connectivity index (χ0) is 26.5. The fraction of sp³-hybridized carbons (Fsp3) is 0.774. The van der Waals surface area contributed by atoms with Crippen LogP contribution in [0.5, 0.6) is 11.5 Å². The molecule has 3 aliphatic heterocycles. The zero-order valence-corrected chi connectivity index (χ0v) is 23.6. The van der Waals surface area contributed by atoms with Crippen LogP contribution in [0.3, 0.4) is 0 Å². The molecule has 5 atom stereocenters. The molecule has 0 radical (unpaired) electrons. The van der Waals surface area contributed by atoms with E-state index in [4.69, 9.17) is 14.2 Å². The minimum absolute atomic E-state index is 0.128. The molecule has 4 fully saturated rings. The number of benzene rings is 1. The first-order valence-corrected chi connectivity index (χ1v) is 14.9. The molecule has 0 aromatic heterocycles. The number of nitrogens with zero attached hydrogens (tertiary/aromatic N) is 2. The number of hydrogen-bond donors (Lipinski definition) is 1. The molecule has 1 N–H and O–H groups in total. The molecule has 7 heteroatoms. The molecule has 1 aromatic carbocycles. The first kappa shape index (κ1) is 25.2. The molecular weight excluding hydrogens is 480 g/mol. The lowest BCUT2D eigenvalue weighted by atomic mass is 9.45. The SMILES string of the molecule is COc1ccc2c3c1O[C@H]1[C@@]4(CCCN4CCC(=O)OC(C)(C)C)CC[C@@]4(O)[C@H](C2)N(CC2CC2)CC[C@]314. The predicted molar refractivity (Wildman–Crippen MR) is 144 cm³/mol. The second kappa shape index (κ2) is 8.34. The molecule has 2 bridgehead atoms. The molecule has 0 unspecified atom stereocenters. The van der Waals surface area contributed by atoms with Crippen LogP contribution in [0.25, 0.3) is 0 Å². The van der Waals surface area contributed by atoms with Gasteiger partial charge in [0.2, 0.25) is 0 Å². The van der Waals surface area contributed by atoms with Crippen LogP contribution in [0.2, 0.25) is 0 Å². The highest BCUT2D eigenvalue weighted by molar-refractivity contribution is 5.70. The predicted octanol–water partition coefficient (Wildman–Crippen LogP) is 3.83. The van der Waals surface area contributed by atoms with E-state index in [1.807, 2.05) is 20.8 Å². The van der Waals surface area contributed by atoms with E-state index in [1.165, 1.54) is 24.0 Å². The molecule has 7 rings (SSSR count). The lowest BCUT2D eigenvalue weighted by Crippen LogP contribution is -2.80. The second-order valence-electron chi connectivity index (χ2n) is 14.0. The molecule has 6 aliphatic rings. The van der Waals surface area contributed by atoms with E-state index >= 15 is 0 Å². The minimum Gasteiger partial charge on any atom is -0.493 e. The first-order valence-electron chi connectivity index (χ1n) is 14.9. The Labute approximate surface area is 226 Å². The molecule has 7 nitrogen and oxygen atoms in total. The van der Waals surface area contributed by atoms with Crippen molar-refractivity contribution in [3.8, 4) is 11.5 Å². The smallest absolute Gasteiger partial charge is 0.307 e. The molecule has 208 valence electrons. The van der Waals surface area contributed by atoms with Crippen molar-refractivity contribution in [2.75, 3.05) is 33.3 Å². The average molecular weight is 525 g/mol. The van der Waals surface area contributed by atoms with Crippen LogP contribution >= 0.6 is 0 Å². The highest BCUT2D eigenvalue weighted by atomic mass is 16.6. The number of piperidine rings is 1. The quantitative estimate of drug-likeness (QED) is 0.567. The summed E-state index contributed by atoms with van der Waals surface area (Å²) in [5, 5.41) is 12.9. The van der Waals surface area contributed by atoms with Crippen LogP contribution in [-0.4, -0.2) is 83.1 Å². The molecule has 3 aliphatic carbocycles. The largest absolute Gasteiger partial charge is 0.493 e. The van der Waals surface area contributed by atoms with Crippen molar-refractivity contribution in [2.45, 2.75) is 113 Å². The Bertz CT molecular complexity index is 1140. The molecular formula is C31H44N2O5. The third-order valence-electron chi connectivity index (χ3n) is 10.8. The summed E-state index contributed by atoms with van der Waals surface area (Å²) in [6, 6.07) is 4.42. The fourth-order valence-electron chi connectivity index (χ4n) is 9.23. The number of methoxy groups -OCH3 is 1. The monoisotopic (exact) mass is 524 g/mol. The average Bonchev–Trinajstić information content (AvgIpc) is 3.46. The number of ether oxygens (including phenoxy) is 3. The maximum absolute atomic E-state index is 12.9. The Balaban J connectivity index is 1.28. The van der Waals surface area contributed by atoms with Crippen molar-refractivity contribution < 1.29 is 24.1 Å². The highest BCUT2D eigenvalue weighted by Gasteiger charge is 2.76. The third kappa shape index (κ3) is 3.40. The van der Waals surface area contributed by atoms with Gasteiger partial charge in [-0.3, -0.25) is 14.6 Å². The van der Waals surface area contributed by atoms with Gasteiger partial charge < -0.3 is 19.3 Å². The maximum Gasteiger partial charge on any atom is 0.307 e. The van der Waals surface area contributed by atoms with Gasteiger partial charge in [0.1, 0.15) is 11.7 Å². The van der Waals surface area contributed by atoms with E-state index < -0.39 is 16.6 Å². The van der Waals surface area contributed by atoms with Crippen molar-refractivity contribution in [1.82, 2.24) is 9.80 Å². The van der Waals surface area contributed by atoms with E-state index in [9.17, 15) is 9.90 Å². The number of carbonyl (C=O) groups excluding carboxylic acids is 1. The van der Waals surface area contributed by atoms with E-state index in [2.05, 4.69) is 21.9 Å². The van der Waals surface area contributed by atoms with E-state index in [-0.39, 0.29) is 23.7 Å². The fourth-order valence-corrected chi connectivity index (χ4v) is 9.23. The lowest BCUT2D eigenvalue weighted by Gasteiger charge is -2.67. The van der Waals surface area contributed by atoms with Gasteiger partial charge in [-0.15, -0.1) is 0 Å². The van der Waals surface area contributed by atoms with Crippen LogP contribution in [0.1, 0.15) is 83.3 Å². The van der Waals surface area contributed by atoms with Gasteiger partial charge in [0.25, 0.3) is 0 Å². The first-order chi connectivity index (χ1) is 18.1. The summed E-state index contributed by atoms with van der Waals surface area (Å²) in [5.41, 5.74) is 0.617. The third-order valence-corrected chi connectivity index (χ3v) is 10.8. The van der Waals surface area contributed by atoms with E-state index in [1.54, 1.807) is 7.11 Å². The number of rotatable bonds is 6. The Morgan fingerprint density at radius 1 is 1.16 bits per heavy atom. The normalized spacial score (nSPS) is 37.7. The highest BCUT2D eigenvalue weighted by Crippen LogP contribution is 2.69. The molecule has 1 aromatic rings. The Morgan fingerprint density at radius 2 is 1.97 bits per heavy atom. The summed E-state index contributed by atoms with van der Waals surface area (Å²) < 4.78 is 18.6. The standard InChI is InChI=1S/C31H44N2O5/c1-28(2,3)38-24(34)10-16-33-15-5-11-29(33)12-13-31(35)23-18-21-8-9-22(36-4)26-25(21)30(31,27(29)37-26)14-17-32(23)19-20-6-7-20/h8-9,20,23,27,35H,5-7,10-19H2,1-4H3/t23-,27-,29+,30-,31+/m0/s1. The second-order valence-corrected chi connectivity index (χ2v) is 14.0. The van der Waals surface area contributed by atoms with Crippen LogP contribution in [0.4, 0.5) is 0 Å². The van der Waals surface area contributed by atoms with Crippen LogP contribution in [0, 0.1) is 5.92 Å². The summed E-state index contributed by atoms with van der Waals surface area (Å²) in [7, 11) is 1.72. The van der Waals surface area contributed by atoms with Crippen LogP contribution < -0.4 is 9.47 Å². The zero-order valence-electron chi connectivity index (χ0n) is 23.6. The van der Waals surface area contributed by atoms with Crippen LogP contribution in [-0.2, 0) is 21.4 Å². The van der Waals surface area contributed by atoms with Gasteiger partial charge in [-0.05, 0) is 103 Å². The lowest BCUT2D eigenvalue weighted by molar-refractivity contribution is -0.217. The van der Waals surface area contributed by atoms with Crippen molar-refractivity contribution in [3.63, 3.8) is 0 Å². The number of hydrogen-bond acceptors (Lipinski definition) is 7. The Morgan fingerprint density at radius 3 is 2.71 bits per heavy atom. The minimum atomic E-state index is -0.819. The molecule has 2 spiro atoms. The van der Waals surface area contributed by atoms with Crippen molar-refractivity contribution >= 4 is 5.97 Å². The van der Waals surface area contributed by atoms with Gasteiger partial charge in [-0.1, -0.05) is 6.07 Å². The van der Waals surface area contributed by atoms with Gasteiger partial charge in [-0.25, -0.2) is 0 Å². The van der Waals surface area contributed by atoms with Crippen molar-refractivity contribution in [2.24, 2.45) is 5.92 Å². The number of esters is 1. The Kier molecular flexibility index (Phi) is 5.52. The van der Waals surface area contributed by atoms with Gasteiger partial charge in [0, 0.05) is 24.7 Å². The topological polar surface area (TPSA) is 71.5 Å². The van der Waals surface area contributed by atoms with Gasteiger partial charge >= 0.3 is 5.97 Å². The molecule has 2 saturated heterocycles. The van der Waals surface area contributed by atoms with E-state index in [0.29, 0.717) is 13.0 Å². The van der Waals surface area contributed by atoms with Crippen molar-refractivity contribution in [3.05, 3.63) is 23.3 Å². The molecule has 38 heavy (non-hydrogen) atoms. The maximum atomic E-state index is 12.9. The number of aliphatic hydroxyl groups is 1. The number of fused-ring (bicyclic) bond motifs is 1. The number of likely N-dealkylation sites (tertiary alicyclic amines) is 2. The van der Waals surface area contributed by atoms with Gasteiger partial charge in [-0.2, -0.15) is 0 Å². The summed E-state index contributed by atoms with van der Waals surface area (Å²) in [6.45, 7) is 9.51. The summed E-state index contributed by atoms with van der Waals surface area (Å²) >= 11 is 0.